The Morgan fingerprint density at radius 1 is 1.00 bits per heavy atom. The van der Waals surface area contributed by atoms with Gasteiger partial charge in [0, 0.05) is 60.3 Å². The molecule has 2 aromatic heterocycles. The van der Waals surface area contributed by atoms with Gasteiger partial charge in [-0.15, -0.1) is 0 Å². The molecule has 1 saturated carbocycles. The minimum absolute atomic E-state index is 0.0761. The molecule has 3 heterocycles. The summed E-state index contributed by atoms with van der Waals surface area (Å²) in [7, 11) is 0. The first-order valence-electron chi connectivity index (χ1n) is 13.0. The van der Waals surface area contributed by atoms with E-state index in [1.165, 1.54) is 0 Å². The summed E-state index contributed by atoms with van der Waals surface area (Å²) in [6, 6.07) is 14.0. The highest BCUT2D eigenvalue weighted by atomic mass is 35.5. The van der Waals surface area contributed by atoms with E-state index in [-0.39, 0.29) is 11.7 Å². The molecule has 0 spiro atoms. The van der Waals surface area contributed by atoms with Gasteiger partial charge < -0.3 is 10.6 Å². The van der Waals surface area contributed by atoms with E-state index < -0.39 is 0 Å². The third kappa shape index (κ3) is 5.27. The van der Waals surface area contributed by atoms with Gasteiger partial charge in [-0.2, -0.15) is 0 Å². The van der Waals surface area contributed by atoms with E-state index in [1.54, 1.807) is 6.20 Å². The number of halogens is 2. The first kappa shape index (κ1) is 25.3. The second kappa shape index (κ2) is 10.6. The number of benzene rings is 2. The van der Waals surface area contributed by atoms with Gasteiger partial charge in [-0.1, -0.05) is 29.3 Å². The zero-order valence-electron chi connectivity index (χ0n) is 21.2. The topological polar surface area (TPSA) is 70.2 Å². The van der Waals surface area contributed by atoms with Crippen LogP contribution in [0.3, 0.4) is 0 Å². The molecule has 1 aliphatic carbocycles. The van der Waals surface area contributed by atoms with Crippen molar-refractivity contribution in [3.63, 3.8) is 0 Å². The van der Waals surface area contributed by atoms with E-state index >= 15 is 0 Å². The number of piperazine rings is 1. The van der Waals surface area contributed by atoms with Crippen LogP contribution < -0.4 is 10.6 Å². The summed E-state index contributed by atoms with van der Waals surface area (Å²) in [5.41, 5.74) is 6.75. The molecule has 0 bridgehead atoms. The van der Waals surface area contributed by atoms with E-state index in [0.29, 0.717) is 15.6 Å². The summed E-state index contributed by atoms with van der Waals surface area (Å²) >= 11 is 12.9. The minimum atomic E-state index is 0.0761. The van der Waals surface area contributed by atoms with Crippen LogP contribution in [0, 0.1) is 12.8 Å². The van der Waals surface area contributed by atoms with E-state index in [4.69, 9.17) is 28.2 Å². The third-order valence-electron chi connectivity index (χ3n) is 7.39. The summed E-state index contributed by atoms with van der Waals surface area (Å²) in [4.78, 5) is 25.0. The minimum Gasteiger partial charge on any atom is -0.353 e. The fraction of sp³-hybridized carbons (Fsp3) is 0.300. The number of nitrogens with zero attached hydrogens (tertiary/aromatic N) is 3. The molecule has 2 fully saturated rings. The Bertz CT molecular complexity index is 1490. The van der Waals surface area contributed by atoms with Gasteiger partial charge in [-0.3, -0.25) is 19.7 Å². The van der Waals surface area contributed by atoms with Crippen molar-refractivity contribution in [3.05, 3.63) is 81.7 Å². The molecule has 6 nitrogen and oxygen atoms in total. The van der Waals surface area contributed by atoms with E-state index in [9.17, 15) is 4.79 Å². The first-order valence-corrected chi connectivity index (χ1v) is 13.8. The second-order valence-electron chi connectivity index (χ2n) is 10.2. The Balaban J connectivity index is 1.37. The van der Waals surface area contributed by atoms with Crippen LogP contribution in [-0.4, -0.2) is 46.8 Å². The Morgan fingerprint density at radius 3 is 2.45 bits per heavy atom. The molecule has 1 aliphatic heterocycles. The number of ketones is 1. The quantitative estimate of drug-likeness (QED) is 0.253. The molecule has 0 atom stereocenters. The number of hydrogen-bond acceptors (Lipinski definition) is 6. The van der Waals surface area contributed by atoms with E-state index in [2.05, 4.69) is 32.7 Å². The Labute approximate surface area is 232 Å². The smallest absolute Gasteiger partial charge is 0.169 e. The molecule has 2 N–H and O–H groups in total. The highest BCUT2D eigenvalue weighted by Crippen LogP contribution is 2.39. The lowest BCUT2D eigenvalue weighted by atomic mass is 9.98. The molecule has 2 aliphatic rings. The van der Waals surface area contributed by atoms with Crippen LogP contribution in [0.15, 0.2) is 54.9 Å². The Hall–Kier alpha value is -3.03. The van der Waals surface area contributed by atoms with Gasteiger partial charge in [-0.25, -0.2) is 0 Å². The third-order valence-corrected chi connectivity index (χ3v) is 8.17. The van der Waals surface area contributed by atoms with Crippen LogP contribution >= 0.6 is 23.2 Å². The number of carbonyl (C=O) groups is 1. The summed E-state index contributed by atoms with van der Waals surface area (Å²) < 4.78 is 0. The number of anilines is 2. The predicted octanol–water partition coefficient (Wildman–Crippen LogP) is 6.65. The maximum absolute atomic E-state index is 13.3. The number of pyridine rings is 2. The summed E-state index contributed by atoms with van der Waals surface area (Å²) in [6.45, 7) is 6.80. The monoisotopic (exact) mass is 545 g/mol. The number of rotatable bonds is 7. The summed E-state index contributed by atoms with van der Waals surface area (Å²) in [6.07, 6.45) is 5.41. The van der Waals surface area contributed by atoms with Crippen molar-refractivity contribution in [1.82, 2.24) is 20.2 Å². The standard InChI is InChI=1S/C30H29Cl2N5O/c1-18-26(31)13-21(14-27(18)32)20-4-7-28-24(12-20)29(25(16-35-28)30(38)19-2-3-19)36-22-5-6-23(34-15-22)17-37-10-8-33-9-11-37/h4-7,12-16,19,33H,2-3,8-11,17H2,1H3,(H,35,36). The molecule has 6 rings (SSSR count). The van der Waals surface area contributed by atoms with Crippen molar-refractivity contribution in [2.75, 3.05) is 31.5 Å². The van der Waals surface area contributed by atoms with Gasteiger partial charge in [0.1, 0.15) is 0 Å². The van der Waals surface area contributed by atoms with Crippen LogP contribution in [0.25, 0.3) is 22.0 Å². The van der Waals surface area contributed by atoms with Crippen LogP contribution in [0.1, 0.15) is 34.5 Å². The van der Waals surface area contributed by atoms with Crippen molar-refractivity contribution < 1.29 is 4.79 Å². The Morgan fingerprint density at radius 2 is 1.76 bits per heavy atom. The van der Waals surface area contributed by atoms with E-state index in [0.717, 1.165) is 90.2 Å². The van der Waals surface area contributed by atoms with Crippen LogP contribution in [-0.2, 0) is 6.54 Å². The predicted molar refractivity (Wildman–Crippen MR) is 155 cm³/mol. The largest absolute Gasteiger partial charge is 0.353 e. The van der Waals surface area contributed by atoms with Gasteiger partial charge in [-0.05, 0) is 72.9 Å². The first-order chi connectivity index (χ1) is 18.5. The molecule has 1 saturated heterocycles. The lowest BCUT2D eigenvalue weighted by Crippen LogP contribution is -2.43. The van der Waals surface area contributed by atoms with Gasteiger partial charge >= 0.3 is 0 Å². The average Bonchev–Trinajstić information content (AvgIpc) is 3.78. The van der Waals surface area contributed by atoms with Crippen molar-refractivity contribution in [3.8, 4) is 11.1 Å². The van der Waals surface area contributed by atoms with Crippen LogP contribution in [0.5, 0.6) is 0 Å². The van der Waals surface area contributed by atoms with Crippen molar-refractivity contribution in [1.29, 1.82) is 0 Å². The highest BCUT2D eigenvalue weighted by Gasteiger charge is 2.32. The molecule has 0 unspecified atom stereocenters. The average molecular weight is 547 g/mol. The molecule has 0 amide bonds. The number of fused-ring (bicyclic) bond motifs is 1. The molecule has 0 radical (unpaired) electrons. The maximum Gasteiger partial charge on any atom is 0.169 e. The van der Waals surface area contributed by atoms with Crippen LogP contribution in [0.2, 0.25) is 10.0 Å². The van der Waals surface area contributed by atoms with Crippen molar-refractivity contribution in [2.45, 2.75) is 26.3 Å². The highest BCUT2D eigenvalue weighted by molar-refractivity contribution is 6.36. The number of carbonyl (C=O) groups excluding carboxylic acids is 1. The SMILES string of the molecule is Cc1c(Cl)cc(-c2ccc3ncc(C(=O)C4CC4)c(Nc4ccc(CN5CCNCC5)nc4)c3c2)cc1Cl. The van der Waals surface area contributed by atoms with Gasteiger partial charge in [0.05, 0.1) is 34.3 Å². The van der Waals surface area contributed by atoms with Gasteiger partial charge in [0.15, 0.2) is 5.78 Å². The molecule has 194 valence electrons. The zero-order valence-corrected chi connectivity index (χ0v) is 22.7. The molecule has 4 aromatic rings. The Kier molecular flexibility index (Phi) is 7.06. The molecular weight excluding hydrogens is 517 g/mol. The van der Waals surface area contributed by atoms with E-state index in [1.807, 2.05) is 43.5 Å². The number of aromatic nitrogens is 2. The van der Waals surface area contributed by atoms with Crippen molar-refractivity contribution >= 4 is 51.3 Å². The number of nitrogens with one attached hydrogen (secondary N) is 2. The summed E-state index contributed by atoms with van der Waals surface area (Å²) in [5.74, 6) is 0.212. The number of hydrogen-bond donors (Lipinski definition) is 2. The molecule has 2 aromatic carbocycles. The second-order valence-corrected chi connectivity index (χ2v) is 11.0. The normalized spacial score (nSPS) is 16.1. The molecular formula is C30H29Cl2N5O. The fourth-order valence-electron chi connectivity index (χ4n) is 4.91. The fourth-order valence-corrected chi connectivity index (χ4v) is 5.39. The van der Waals surface area contributed by atoms with Crippen LogP contribution in [0.4, 0.5) is 11.4 Å². The zero-order chi connectivity index (χ0) is 26.2. The lowest BCUT2D eigenvalue weighted by molar-refractivity contribution is 0.0968. The van der Waals surface area contributed by atoms with Gasteiger partial charge in [0.25, 0.3) is 0 Å². The van der Waals surface area contributed by atoms with Gasteiger partial charge in [0.2, 0.25) is 0 Å². The number of Topliss-reactive ketones (excluding diaryl/α,β-unsaturated/α-hetero) is 1. The van der Waals surface area contributed by atoms with Crippen molar-refractivity contribution in [2.24, 2.45) is 5.92 Å². The summed E-state index contributed by atoms with van der Waals surface area (Å²) in [5, 5.41) is 9.01. The molecule has 38 heavy (non-hydrogen) atoms. The maximum atomic E-state index is 13.3. The molecule has 8 heteroatoms. The lowest BCUT2D eigenvalue weighted by Gasteiger charge is -2.26.